The molecule has 0 aliphatic carbocycles. The SMILES string of the molecule is Nc1ccccc1CC[C@@H](N)C(=O)O. The summed E-state index contributed by atoms with van der Waals surface area (Å²) in [6.07, 6.45) is 1.00. The number of benzene rings is 1. The van der Waals surface area contributed by atoms with Gasteiger partial charge in [-0.25, -0.2) is 0 Å². The van der Waals surface area contributed by atoms with Crippen molar-refractivity contribution >= 4 is 11.7 Å². The van der Waals surface area contributed by atoms with Crippen LogP contribution in [0, 0.1) is 0 Å². The molecule has 1 aromatic carbocycles. The number of rotatable bonds is 4. The molecule has 1 aromatic rings. The molecule has 0 bridgehead atoms. The second kappa shape index (κ2) is 4.62. The summed E-state index contributed by atoms with van der Waals surface area (Å²) in [5.74, 6) is -0.973. The van der Waals surface area contributed by atoms with Gasteiger partial charge in [-0.2, -0.15) is 0 Å². The average Bonchev–Trinajstić information content (AvgIpc) is 2.16. The molecular formula is C10H14N2O2. The van der Waals surface area contributed by atoms with Crippen LogP contribution in [0.5, 0.6) is 0 Å². The zero-order chi connectivity index (χ0) is 10.6. The van der Waals surface area contributed by atoms with E-state index in [1.807, 2.05) is 18.2 Å². The summed E-state index contributed by atoms with van der Waals surface area (Å²) in [4.78, 5) is 10.4. The van der Waals surface area contributed by atoms with E-state index in [2.05, 4.69) is 0 Å². The van der Waals surface area contributed by atoms with Crippen LogP contribution < -0.4 is 11.5 Å². The van der Waals surface area contributed by atoms with E-state index in [-0.39, 0.29) is 0 Å². The fourth-order valence-electron chi connectivity index (χ4n) is 1.20. The molecule has 0 saturated heterocycles. The molecule has 1 rings (SSSR count). The lowest BCUT2D eigenvalue weighted by Crippen LogP contribution is -2.30. The van der Waals surface area contributed by atoms with Gasteiger partial charge in [0.05, 0.1) is 0 Å². The molecule has 0 unspecified atom stereocenters. The lowest BCUT2D eigenvalue weighted by atomic mass is 10.0. The Bertz CT molecular complexity index is 326. The molecule has 0 heterocycles. The Hall–Kier alpha value is -1.55. The number of carboxylic acid groups (broad SMARTS) is 1. The number of anilines is 1. The van der Waals surface area contributed by atoms with Crippen LogP contribution in [0.25, 0.3) is 0 Å². The maximum Gasteiger partial charge on any atom is 0.320 e. The predicted molar refractivity (Wildman–Crippen MR) is 54.8 cm³/mol. The van der Waals surface area contributed by atoms with Crippen molar-refractivity contribution in [2.24, 2.45) is 5.73 Å². The van der Waals surface area contributed by atoms with E-state index in [0.29, 0.717) is 18.5 Å². The minimum atomic E-state index is -0.973. The molecular weight excluding hydrogens is 180 g/mol. The van der Waals surface area contributed by atoms with E-state index >= 15 is 0 Å². The van der Waals surface area contributed by atoms with E-state index in [0.717, 1.165) is 5.56 Å². The van der Waals surface area contributed by atoms with Crippen molar-refractivity contribution in [2.75, 3.05) is 5.73 Å². The lowest BCUT2D eigenvalue weighted by molar-refractivity contribution is -0.138. The van der Waals surface area contributed by atoms with Gasteiger partial charge < -0.3 is 16.6 Å². The average molecular weight is 194 g/mol. The summed E-state index contributed by atoms with van der Waals surface area (Å²) in [5.41, 5.74) is 12.7. The number of para-hydroxylation sites is 1. The van der Waals surface area contributed by atoms with Gasteiger partial charge in [-0.1, -0.05) is 18.2 Å². The summed E-state index contributed by atoms with van der Waals surface area (Å²) >= 11 is 0. The van der Waals surface area contributed by atoms with E-state index in [1.165, 1.54) is 0 Å². The molecule has 0 saturated carbocycles. The van der Waals surface area contributed by atoms with Gasteiger partial charge >= 0.3 is 5.97 Å². The Morgan fingerprint density at radius 2 is 2.07 bits per heavy atom. The Kier molecular flexibility index (Phi) is 3.48. The standard InChI is InChI=1S/C10H14N2O2/c11-8-4-2-1-3-7(8)5-6-9(12)10(13)14/h1-4,9H,5-6,11-12H2,(H,13,14)/t9-/m1/s1. The van der Waals surface area contributed by atoms with Crippen LogP contribution in [0.15, 0.2) is 24.3 Å². The van der Waals surface area contributed by atoms with Crippen LogP contribution in [0.1, 0.15) is 12.0 Å². The van der Waals surface area contributed by atoms with E-state index < -0.39 is 12.0 Å². The molecule has 0 fully saturated rings. The fourth-order valence-corrected chi connectivity index (χ4v) is 1.20. The van der Waals surface area contributed by atoms with Gasteiger partial charge in [0.15, 0.2) is 0 Å². The van der Waals surface area contributed by atoms with Crippen molar-refractivity contribution in [2.45, 2.75) is 18.9 Å². The van der Waals surface area contributed by atoms with Crippen molar-refractivity contribution in [3.05, 3.63) is 29.8 Å². The number of carbonyl (C=O) groups is 1. The molecule has 0 aliphatic heterocycles. The van der Waals surface area contributed by atoms with Gasteiger partial charge in [-0.05, 0) is 24.5 Å². The number of aryl methyl sites for hydroxylation is 1. The van der Waals surface area contributed by atoms with E-state index in [1.54, 1.807) is 6.07 Å². The first-order valence-corrected chi connectivity index (χ1v) is 4.43. The first-order chi connectivity index (χ1) is 6.61. The second-order valence-electron chi connectivity index (χ2n) is 3.18. The highest BCUT2D eigenvalue weighted by Gasteiger charge is 2.11. The van der Waals surface area contributed by atoms with Crippen LogP contribution >= 0.6 is 0 Å². The molecule has 76 valence electrons. The van der Waals surface area contributed by atoms with Crippen LogP contribution in [0.3, 0.4) is 0 Å². The highest BCUT2D eigenvalue weighted by molar-refractivity contribution is 5.73. The lowest BCUT2D eigenvalue weighted by Gasteiger charge is -2.07. The maximum atomic E-state index is 10.4. The normalized spacial score (nSPS) is 12.4. The zero-order valence-electron chi connectivity index (χ0n) is 7.81. The number of carboxylic acids is 1. The van der Waals surface area contributed by atoms with Crippen molar-refractivity contribution in [1.29, 1.82) is 0 Å². The molecule has 14 heavy (non-hydrogen) atoms. The van der Waals surface area contributed by atoms with Crippen molar-refractivity contribution in [1.82, 2.24) is 0 Å². The first kappa shape index (κ1) is 10.5. The third-order valence-electron chi connectivity index (χ3n) is 2.10. The topological polar surface area (TPSA) is 89.3 Å². The Morgan fingerprint density at radius 3 is 2.64 bits per heavy atom. The molecule has 4 nitrogen and oxygen atoms in total. The summed E-state index contributed by atoms with van der Waals surface area (Å²) < 4.78 is 0. The van der Waals surface area contributed by atoms with Crippen LogP contribution in [0.2, 0.25) is 0 Å². The molecule has 0 aliphatic rings. The van der Waals surface area contributed by atoms with Gasteiger partial charge in [0.25, 0.3) is 0 Å². The van der Waals surface area contributed by atoms with E-state index in [9.17, 15) is 4.79 Å². The van der Waals surface area contributed by atoms with Gasteiger partial charge in [0, 0.05) is 5.69 Å². The van der Waals surface area contributed by atoms with Gasteiger partial charge in [-0.3, -0.25) is 4.79 Å². The molecule has 0 radical (unpaired) electrons. The zero-order valence-corrected chi connectivity index (χ0v) is 7.81. The molecule has 0 amide bonds. The number of hydrogen-bond donors (Lipinski definition) is 3. The summed E-state index contributed by atoms with van der Waals surface area (Å²) in [7, 11) is 0. The van der Waals surface area contributed by atoms with Gasteiger partial charge in [0.1, 0.15) is 6.04 Å². The highest BCUT2D eigenvalue weighted by Crippen LogP contribution is 2.13. The predicted octanol–water partition coefficient (Wildman–Crippen LogP) is 0.613. The quantitative estimate of drug-likeness (QED) is 0.613. The molecule has 0 aromatic heterocycles. The van der Waals surface area contributed by atoms with Crippen molar-refractivity contribution in [3.8, 4) is 0 Å². The first-order valence-electron chi connectivity index (χ1n) is 4.43. The third kappa shape index (κ3) is 2.74. The molecule has 5 N–H and O–H groups in total. The Morgan fingerprint density at radius 1 is 1.43 bits per heavy atom. The third-order valence-corrected chi connectivity index (χ3v) is 2.10. The fraction of sp³-hybridized carbons (Fsp3) is 0.300. The van der Waals surface area contributed by atoms with Gasteiger partial charge in [0.2, 0.25) is 0 Å². The molecule has 4 heteroatoms. The number of aliphatic carboxylic acids is 1. The minimum absolute atomic E-state index is 0.406. The number of nitrogen functional groups attached to an aromatic ring is 1. The summed E-state index contributed by atoms with van der Waals surface area (Å²) in [6, 6.07) is 6.58. The number of nitrogens with two attached hydrogens (primary N) is 2. The molecule has 1 atom stereocenters. The Labute approximate surface area is 82.5 Å². The molecule has 0 spiro atoms. The minimum Gasteiger partial charge on any atom is -0.480 e. The van der Waals surface area contributed by atoms with Crippen molar-refractivity contribution in [3.63, 3.8) is 0 Å². The maximum absolute atomic E-state index is 10.4. The largest absolute Gasteiger partial charge is 0.480 e. The summed E-state index contributed by atoms with van der Waals surface area (Å²) in [6.45, 7) is 0. The summed E-state index contributed by atoms with van der Waals surface area (Å²) in [5, 5.41) is 8.57. The Balaban J connectivity index is 2.54. The second-order valence-corrected chi connectivity index (χ2v) is 3.18. The van der Waals surface area contributed by atoms with Gasteiger partial charge in [-0.15, -0.1) is 0 Å². The monoisotopic (exact) mass is 194 g/mol. The smallest absolute Gasteiger partial charge is 0.320 e. The van der Waals surface area contributed by atoms with E-state index in [4.69, 9.17) is 16.6 Å². The van der Waals surface area contributed by atoms with Crippen LogP contribution in [0.4, 0.5) is 5.69 Å². The number of hydrogen-bond acceptors (Lipinski definition) is 3. The van der Waals surface area contributed by atoms with Crippen molar-refractivity contribution < 1.29 is 9.90 Å². The van der Waals surface area contributed by atoms with Crippen LogP contribution in [-0.4, -0.2) is 17.1 Å². The highest BCUT2D eigenvalue weighted by atomic mass is 16.4. The van der Waals surface area contributed by atoms with Crippen LogP contribution in [-0.2, 0) is 11.2 Å².